The number of amides is 2. The Kier molecular flexibility index (Phi) is 5.39. The summed E-state index contributed by atoms with van der Waals surface area (Å²) >= 11 is 5.97. The summed E-state index contributed by atoms with van der Waals surface area (Å²) in [5.41, 5.74) is -0.0788. The first-order valence-electron chi connectivity index (χ1n) is 8.57. The van der Waals surface area contributed by atoms with Crippen LogP contribution in [0.1, 0.15) is 42.5 Å². The number of hydrogen-bond donors (Lipinski definition) is 0. The van der Waals surface area contributed by atoms with Gasteiger partial charge in [0.1, 0.15) is 5.82 Å². The monoisotopic (exact) mass is 352 g/mol. The van der Waals surface area contributed by atoms with E-state index in [0.717, 1.165) is 12.8 Å². The molecular formula is C18H22ClFN2O2. The number of halogens is 2. The molecule has 3 rings (SSSR count). The Morgan fingerprint density at radius 2 is 1.71 bits per heavy atom. The molecule has 1 saturated carbocycles. The van der Waals surface area contributed by atoms with Gasteiger partial charge in [-0.15, -0.1) is 0 Å². The molecule has 24 heavy (non-hydrogen) atoms. The van der Waals surface area contributed by atoms with E-state index < -0.39 is 11.7 Å². The van der Waals surface area contributed by atoms with Gasteiger partial charge >= 0.3 is 0 Å². The maximum absolute atomic E-state index is 13.9. The van der Waals surface area contributed by atoms with Crippen molar-refractivity contribution >= 4 is 23.4 Å². The van der Waals surface area contributed by atoms with Crippen LogP contribution >= 0.6 is 11.6 Å². The average Bonchev–Trinajstić information content (AvgIpc) is 3.07. The van der Waals surface area contributed by atoms with E-state index in [4.69, 9.17) is 11.6 Å². The molecule has 0 aromatic heterocycles. The van der Waals surface area contributed by atoms with Crippen molar-refractivity contribution in [2.75, 3.05) is 26.2 Å². The molecule has 6 heteroatoms. The fraction of sp³-hybridized carbons (Fsp3) is 0.556. The number of nitrogens with zero attached hydrogens (tertiary/aromatic N) is 2. The predicted molar refractivity (Wildman–Crippen MR) is 90.5 cm³/mol. The Balaban J connectivity index is 1.56. The SMILES string of the molecule is O=C(CC1CCCC1)N1CCN(C(=O)c2c(F)cccc2Cl)CC1. The summed E-state index contributed by atoms with van der Waals surface area (Å²) in [5, 5.41) is 0.125. The lowest BCUT2D eigenvalue weighted by Crippen LogP contribution is -2.51. The molecule has 1 heterocycles. The van der Waals surface area contributed by atoms with Crippen LogP contribution in [0.4, 0.5) is 4.39 Å². The quantitative estimate of drug-likeness (QED) is 0.837. The molecule has 1 aliphatic carbocycles. The van der Waals surface area contributed by atoms with Crippen LogP contribution in [0.5, 0.6) is 0 Å². The minimum atomic E-state index is -0.604. The number of carbonyl (C=O) groups excluding carboxylic acids is 2. The predicted octanol–water partition coefficient (Wildman–Crippen LogP) is 3.34. The van der Waals surface area contributed by atoms with Crippen molar-refractivity contribution < 1.29 is 14.0 Å². The smallest absolute Gasteiger partial charge is 0.258 e. The van der Waals surface area contributed by atoms with Gasteiger partial charge in [0, 0.05) is 32.6 Å². The third kappa shape index (κ3) is 3.72. The second kappa shape index (κ2) is 7.51. The van der Waals surface area contributed by atoms with Gasteiger partial charge in [-0.25, -0.2) is 4.39 Å². The van der Waals surface area contributed by atoms with Crippen LogP contribution in [0, 0.1) is 11.7 Å². The molecule has 1 aromatic carbocycles. The maximum atomic E-state index is 13.9. The molecule has 130 valence electrons. The molecule has 1 aromatic rings. The van der Waals surface area contributed by atoms with Crippen LogP contribution in [0.3, 0.4) is 0 Å². The van der Waals surface area contributed by atoms with Gasteiger partial charge in [-0.2, -0.15) is 0 Å². The molecule has 2 fully saturated rings. The normalized spacial score (nSPS) is 18.9. The van der Waals surface area contributed by atoms with E-state index in [-0.39, 0.29) is 16.5 Å². The Hall–Kier alpha value is -1.62. The van der Waals surface area contributed by atoms with E-state index in [1.165, 1.54) is 31.0 Å². The summed E-state index contributed by atoms with van der Waals surface area (Å²) in [6, 6.07) is 4.23. The lowest BCUT2D eigenvalue weighted by Gasteiger charge is -2.35. The first kappa shape index (κ1) is 17.2. The van der Waals surface area contributed by atoms with Gasteiger partial charge in [0.25, 0.3) is 5.91 Å². The summed E-state index contributed by atoms with van der Waals surface area (Å²) in [6.45, 7) is 1.84. The summed E-state index contributed by atoms with van der Waals surface area (Å²) in [7, 11) is 0. The molecule has 0 spiro atoms. The van der Waals surface area contributed by atoms with Crippen LogP contribution in [0.25, 0.3) is 0 Å². The van der Waals surface area contributed by atoms with Gasteiger partial charge in [0.2, 0.25) is 5.91 Å². The molecule has 0 unspecified atom stereocenters. The first-order valence-corrected chi connectivity index (χ1v) is 8.95. The van der Waals surface area contributed by atoms with E-state index in [2.05, 4.69) is 0 Å². The number of carbonyl (C=O) groups is 2. The van der Waals surface area contributed by atoms with Crippen molar-refractivity contribution in [3.8, 4) is 0 Å². The lowest BCUT2D eigenvalue weighted by atomic mass is 10.0. The van der Waals surface area contributed by atoms with E-state index in [0.29, 0.717) is 38.5 Å². The standard InChI is InChI=1S/C18H22ClFN2O2/c19-14-6-3-7-15(20)17(14)18(24)22-10-8-21(9-11-22)16(23)12-13-4-1-2-5-13/h3,6-7,13H,1-2,4-5,8-12H2. The topological polar surface area (TPSA) is 40.6 Å². The van der Waals surface area contributed by atoms with Gasteiger partial charge in [-0.1, -0.05) is 30.5 Å². The van der Waals surface area contributed by atoms with Gasteiger partial charge in [0.05, 0.1) is 10.6 Å². The highest BCUT2D eigenvalue weighted by Crippen LogP contribution is 2.28. The average molecular weight is 353 g/mol. The van der Waals surface area contributed by atoms with Crippen molar-refractivity contribution in [1.29, 1.82) is 0 Å². The summed E-state index contributed by atoms with van der Waals surface area (Å²) < 4.78 is 13.9. The molecule has 0 N–H and O–H groups in total. The molecule has 1 saturated heterocycles. The second-order valence-corrected chi connectivity index (χ2v) is 7.03. The molecule has 2 amide bonds. The van der Waals surface area contributed by atoms with Crippen LogP contribution in [-0.2, 0) is 4.79 Å². The zero-order valence-electron chi connectivity index (χ0n) is 13.6. The van der Waals surface area contributed by atoms with Gasteiger partial charge < -0.3 is 9.80 Å². The molecule has 0 atom stereocenters. The third-order valence-corrected chi connectivity index (χ3v) is 5.35. The Morgan fingerprint density at radius 3 is 2.33 bits per heavy atom. The van der Waals surface area contributed by atoms with E-state index in [9.17, 15) is 14.0 Å². The van der Waals surface area contributed by atoms with Gasteiger partial charge in [-0.05, 0) is 30.9 Å². The van der Waals surface area contributed by atoms with Crippen LogP contribution in [0.15, 0.2) is 18.2 Å². The highest BCUT2D eigenvalue weighted by atomic mass is 35.5. The second-order valence-electron chi connectivity index (χ2n) is 6.62. The molecule has 2 aliphatic rings. The van der Waals surface area contributed by atoms with E-state index in [1.807, 2.05) is 4.90 Å². The van der Waals surface area contributed by atoms with Crippen LogP contribution < -0.4 is 0 Å². The minimum Gasteiger partial charge on any atom is -0.339 e. The van der Waals surface area contributed by atoms with Crippen molar-refractivity contribution in [1.82, 2.24) is 9.80 Å². The third-order valence-electron chi connectivity index (χ3n) is 5.03. The molecule has 0 bridgehead atoms. The van der Waals surface area contributed by atoms with E-state index in [1.54, 1.807) is 4.90 Å². The van der Waals surface area contributed by atoms with Gasteiger partial charge in [0.15, 0.2) is 0 Å². The van der Waals surface area contributed by atoms with Crippen molar-refractivity contribution in [3.05, 3.63) is 34.6 Å². The zero-order valence-corrected chi connectivity index (χ0v) is 14.4. The Bertz CT molecular complexity index is 603. The highest BCUT2D eigenvalue weighted by molar-refractivity contribution is 6.33. The highest BCUT2D eigenvalue weighted by Gasteiger charge is 2.29. The lowest BCUT2D eigenvalue weighted by molar-refractivity contribution is -0.133. The molecular weight excluding hydrogens is 331 g/mol. The molecule has 0 radical (unpaired) electrons. The molecule has 1 aliphatic heterocycles. The number of rotatable bonds is 3. The Morgan fingerprint density at radius 1 is 1.08 bits per heavy atom. The fourth-order valence-corrected chi connectivity index (χ4v) is 3.85. The maximum Gasteiger partial charge on any atom is 0.258 e. The van der Waals surface area contributed by atoms with E-state index >= 15 is 0 Å². The summed E-state index contributed by atoms with van der Waals surface area (Å²) in [5.74, 6) is -0.305. The van der Waals surface area contributed by atoms with Crippen LogP contribution in [-0.4, -0.2) is 47.8 Å². The van der Waals surface area contributed by atoms with Gasteiger partial charge in [-0.3, -0.25) is 9.59 Å². The number of hydrogen-bond acceptors (Lipinski definition) is 2. The fourth-order valence-electron chi connectivity index (χ4n) is 3.61. The number of piperazine rings is 1. The van der Waals surface area contributed by atoms with Crippen molar-refractivity contribution in [3.63, 3.8) is 0 Å². The largest absolute Gasteiger partial charge is 0.339 e. The van der Waals surface area contributed by atoms with Crippen LogP contribution in [0.2, 0.25) is 5.02 Å². The summed E-state index contributed by atoms with van der Waals surface area (Å²) in [4.78, 5) is 28.2. The first-order chi connectivity index (χ1) is 11.6. The zero-order chi connectivity index (χ0) is 17.1. The minimum absolute atomic E-state index is 0.0788. The number of benzene rings is 1. The van der Waals surface area contributed by atoms with Crippen molar-refractivity contribution in [2.45, 2.75) is 32.1 Å². The van der Waals surface area contributed by atoms with Crippen molar-refractivity contribution in [2.24, 2.45) is 5.92 Å². The molecule has 4 nitrogen and oxygen atoms in total. The summed E-state index contributed by atoms with van der Waals surface area (Å²) in [6.07, 6.45) is 5.37. The Labute approximate surface area is 146 Å².